The fourth-order valence-electron chi connectivity index (χ4n) is 0.338. The van der Waals surface area contributed by atoms with Crippen molar-refractivity contribution >= 4 is 6.09 Å². The van der Waals surface area contributed by atoms with E-state index in [9.17, 15) is 4.79 Å². The lowest BCUT2D eigenvalue weighted by Crippen LogP contribution is -2.35. The van der Waals surface area contributed by atoms with Crippen LogP contribution in [-0.4, -0.2) is 16.7 Å². The second-order valence-electron chi connectivity index (χ2n) is 2.56. The zero-order valence-electron chi connectivity index (χ0n) is 6.01. The van der Waals surface area contributed by atoms with Gasteiger partial charge in [0, 0.05) is 0 Å². The van der Waals surface area contributed by atoms with Crippen LogP contribution in [-0.2, 0) is 0 Å². The van der Waals surface area contributed by atoms with Crippen molar-refractivity contribution in [2.75, 3.05) is 0 Å². The minimum Gasteiger partial charge on any atom is -0.464 e. The highest BCUT2D eigenvalue weighted by Crippen LogP contribution is 2.07. The quantitative estimate of drug-likeness (QED) is 0.615. The first-order valence-corrected chi connectivity index (χ1v) is 2.94. The van der Waals surface area contributed by atoms with Gasteiger partial charge in [-0.1, -0.05) is 6.92 Å². The predicted molar refractivity (Wildman–Crippen MR) is 34.5 cm³/mol. The van der Waals surface area contributed by atoms with E-state index in [-0.39, 0.29) is 0 Å². The molecule has 0 unspecified atom stereocenters. The summed E-state index contributed by atoms with van der Waals surface area (Å²) in [6.07, 6.45) is -0.332. The molecule has 0 aromatic heterocycles. The lowest BCUT2D eigenvalue weighted by Gasteiger charge is -2.18. The highest BCUT2D eigenvalue weighted by molar-refractivity contribution is 5.65. The second kappa shape index (κ2) is 2.71. The first-order chi connectivity index (χ1) is 3.98. The highest BCUT2D eigenvalue weighted by atomic mass is 16.4. The van der Waals surface area contributed by atoms with Crippen molar-refractivity contribution in [3.05, 3.63) is 0 Å². The standard InChI is InChI=1S/C6H12NO2/c1-4-6(2,3)7-5(8)9/h4H2,1-3H3,(H,8,9). The third kappa shape index (κ3) is 3.82. The maximum Gasteiger partial charge on any atom is 0.427 e. The molecule has 0 saturated heterocycles. The molecule has 3 nitrogen and oxygen atoms in total. The molecule has 0 saturated carbocycles. The summed E-state index contributed by atoms with van der Waals surface area (Å²) in [4.78, 5) is 10.0. The summed E-state index contributed by atoms with van der Waals surface area (Å²) in [7, 11) is 0. The van der Waals surface area contributed by atoms with Crippen molar-refractivity contribution in [3.8, 4) is 0 Å². The van der Waals surface area contributed by atoms with Crippen molar-refractivity contribution < 1.29 is 9.90 Å². The van der Waals surface area contributed by atoms with Crippen molar-refractivity contribution in [2.45, 2.75) is 32.7 Å². The topological polar surface area (TPSA) is 51.4 Å². The van der Waals surface area contributed by atoms with Gasteiger partial charge in [-0.05, 0) is 20.3 Å². The summed E-state index contributed by atoms with van der Waals surface area (Å²) in [5, 5.41) is 11.7. The van der Waals surface area contributed by atoms with Crippen LogP contribution in [0.3, 0.4) is 0 Å². The number of nitrogens with zero attached hydrogens (tertiary/aromatic N) is 1. The third-order valence-corrected chi connectivity index (χ3v) is 1.26. The average molecular weight is 130 g/mol. The van der Waals surface area contributed by atoms with E-state index in [1.807, 2.05) is 6.92 Å². The molecule has 3 heteroatoms. The first-order valence-electron chi connectivity index (χ1n) is 2.94. The van der Waals surface area contributed by atoms with Gasteiger partial charge in [0.05, 0.1) is 5.54 Å². The Labute approximate surface area is 55.1 Å². The predicted octanol–water partition coefficient (Wildman–Crippen LogP) is 1.46. The molecule has 0 spiro atoms. The normalized spacial score (nSPS) is 11.0. The van der Waals surface area contributed by atoms with Crippen LogP contribution in [0.25, 0.3) is 0 Å². The second-order valence-corrected chi connectivity index (χ2v) is 2.56. The fourth-order valence-corrected chi connectivity index (χ4v) is 0.338. The maximum atomic E-state index is 10.0. The third-order valence-electron chi connectivity index (χ3n) is 1.26. The van der Waals surface area contributed by atoms with Crippen molar-refractivity contribution in [2.24, 2.45) is 0 Å². The van der Waals surface area contributed by atoms with E-state index in [0.717, 1.165) is 6.42 Å². The van der Waals surface area contributed by atoms with Crippen LogP contribution in [0.4, 0.5) is 4.79 Å². The van der Waals surface area contributed by atoms with E-state index in [0.29, 0.717) is 0 Å². The summed E-state index contributed by atoms with van der Waals surface area (Å²) in [5.74, 6) is 0. The largest absolute Gasteiger partial charge is 0.464 e. The van der Waals surface area contributed by atoms with Gasteiger partial charge in [0.25, 0.3) is 0 Å². The minimum atomic E-state index is -1.08. The van der Waals surface area contributed by atoms with E-state index in [4.69, 9.17) is 5.11 Å². The Hall–Kier alpha value is -0.730. The fraction of sp³-hybridized carbons (Fsp3) is 0.833. The number of hydrogen-bond acceptors (Lipinski definition) is 1. The van der Waals surface area contributed by atoms with Crippen LogP contribution >= 0.6 is 0 Å². The molecule has 0 rings (SSSR count). The molecule has 0 aromatic carbocycles. The summed E-state index contributed by atoms with van der Waals surface area (Å²) in [6.45, 7) is 5.49. The van der Waals surface area contributed by atoms with Crippen LogP contribution in [0.15, 0.2) is 0 Å². The molecule has 9 heavy (non-hydrogen) atoms. The molecule has 0 heterocycles. The molecule has 1 amide bonds. The van der Waals surface area contributed by atoms with Crippen molar-refractivity contribution in [1.29, 1.82) is 0 Å². The Balaban J connectivity index is 3.71. The zero-order valence-corrected chi connectivity index (χ0v) is 6.01. The summed E-state index contributed by atoms with van der Waals surface area (Å²) in [6, 6.07) is 0. The van der Waals surface area contributed by atoms with Gasteiger partial charge in [-0.25, -0.2) is 10.1 Å². The zero-order chi connectivity index (χ0) is 7.49. The number of amides is 1. The van der Waals surface area contributed by atoms with Gasteiger partial charge in [0.1, 0.15) is 0 Å². The van der Waals surface area contributed by atoms with E-state index < -0.39 is 11.6 Å². The van der Waals surface area contributed by atoms with E-state index >= 15 is 0 Å². The van der Waals surface area contributed by atoms with Gasteiger partial charge in [-0.15, -0.1) is 0 Å². The van der Waals surface area contributed by atoms with Gasteiger partial charge < -0.3 is 5.11 Å². The molecule has 0 bridgehead atoms. The Kier molecular flexibility index (Phi) is 2.49. The van der Waals surface area contributed by atoms with Crippen LogP contribution < -0.4 is 5.32 Å². The maximum absolute atomic E-state index is 10.0. The molecule has 0 atom stereocenters. The molecule has 0 aliphatic heterocycles. The summed E-state index contributed by atoms with van der Waals surface area (Å²) in [5.41, 5.74) is -0.411. The Bertz CT molecular complexity index is 110. The molecule has 0 fully saturated rings. The van der Waals surface area contributed by atoms with Gasteiger partial charge in [0.15, 0.2) is 0 Å². The van der Waals surface area contributed by atoms with Crippen molar-refractivity contribution in [3.63, 3.8) is 0 Å². The lowest BCUT2D eigenvalue weighted by atomic mass is 10.0. The Morgan fingerprint density at radius 2 is 2.11 bits per heavy atom. The van der Waals surface area contributed by atoms with Crippen molar-refractivity contribution in [1.82, 2.24) is 5.32 Å². The number of carboxylic acid groups (broad SMARTS) is 1. The molecule has 1 N–H and O–H groups in total. The Morgan fingerprint density at radius 1 is 1.67 bits per heavy atom. The number of carbonyl (C=O) groups is 1. The first kappa shape index (κ1) is 8.27. The molecular weight excluding hydrogens is 118 g/mol. The lowest BCUT2D eigenvalue weighted by molar-refractivity contribution is 0.179. The molecule has 0 aromatic rings. The van der Waals surface area contributed by atoms with E-state index in [1.54, 1.807) is 13.8 Å². The number of hydrogen-bond donors (Lipinski definition) is 1. The average Bonchev–Trinajstić information content (AvgIpc) is 1.63. The summed E-state index contributed by atoms with van der Waals surface area (Å²) < 4.78 is 0. The van der Waals surface area contributed by atoms with Crippen LogP contribution in [0.5, 0.6) is 0 Å². The van der Waals surface area contributed by atoms with Gasteiger partial charge in [-0.3, -0.25) is 0 Å². The van der Waals surface area contributed by atoms with E-state index in [2.05, 4.69) is 5.32 Å². The number of rotatable bonds is 2. The van der Waals surface area contributed by atoms with Gasteiger partial charge >= 0.3 is 6.09 Å². The minimum absolute atomic E-state index is 0.411. The molecule has 0 aliphatic carbocycles. The highest BCUT2D eigenvalue weighted by Gasteiger charge is 2.19. The molecule has 53 valence electrons. The molecule has 1 radical (unpaired) electrons. The smallest absolute Gasteiger partial charge is 0.427 e. The monoisotopic (exact) mass is 130 g/mol. The van der Waals surface area contributed by atoms with Crippen LogP contribution in [0.1, 0.15) is 27.2 Å². The van der Waals surface area contributed by atoms with Gasteiger partial charge in [-0.2, -0.15) is 0 Å². The molecule has 0 aliphatic rings. The van der Waals surface area contributed by atoms with Gasteiger partial charge in [0.2, 0.25) is 0 Å². The van der Waals surface area contributed by atoms with Crippen LogP contribution in [0.2, 0.25) is 0 Å². The molecular formula is C6H12NO2. The summed E-state index contributed by atoms with van der Waals surface area (Å²) >= 11 is 0. The SMILES string of the molecule is CCC(C)(C)[N]C(=O)O. The Morgan fingerprint density at radius 3 is 2.22 bits per heavy atom. The van der Waals surface area contributed by atoms with E-state index in [1.165, 1.54) is 0 Å². The van der Waals surface area contributed by atoms with Crippen LogP contribution in [0, 0.1) is 0 Å².